The molecule has 10 nitrogen and oxygen atoms in total. The molecule has 1 fully saturated rings. The average molecular weight is 574 g/mol. The van der Waals surface area contributed by atoms with E-state index in [1.165, 1.54) is 0 Å². The summed E-state index contributed by atoms with van der Waals surface area (Å²) in [5, 5.41) is 21.9. The van der Waals surface area contributed by atoms with Crippen molar-refractivity contribution in [2.24, 2.45) is 0 Å². The number of esters is 2. The normalized spacial score (nSPS) is 26.4. The Hall–Kier alpha value is -2.82. The molecule has 1 aromatic carbocycles. The molecule has 226 valence electrons. The smallest absolute Gasteiger partial charge is 0.339 e. The lowest BCUT2D eigenvalue weighted by molar-refractivity contribution is -0.180. The number of fused-ring (bicyclic) bond motifs is 3. The number of hydrogen-bond donors (Lipinski definition) is 2. The van der Waals surface area contributed by atoms with Crippen molar-refractivity contribution in [2.45, 2.75) is 108 Å². The van der Waals surface area contributed by atoms with Gasteiger partial charge < -0.3 is 33.9 Å². The van der Waals surface area contributed by atoms with Crippen LogP contribution in [0.4, 0.5) is 0 Å². The highest BCUT2D eigenvalue weighted by Crippen LogP contribution is 2.55. The van der Waals surface area contributed by atoms with Gasteiger partial charge in [-0.15, -0.1) is 0 Å². The lowest BCUT2D eigenvalue weighted by Gasteiger charge is -2.39. The molecule has 5 rings (SSSR count). The first-order chi connectivity index (χ1) is 19.3. The van der Waals surface area contributed by atoms with Crippen LogP contribution in [-0.2, 0) is 30.2 Å². The van der Waals surface area contributed by atoms with Gasteiger partial charge >= 0.3 is 11.9 Å². The summed E-state index contributed by atoms with van der Waals surface area (Å²) < 4.78 is 28.7. The third kappa shape index (κ3) is 5.79. The maximum Gasteiger partial charge on any atom is 0.339 e. The molecule has 1 saturated heterocycles. The van der Waals surface area contributed by atoms with Crippen LogP contribution in [-0.4, -0.2) is 83.0 Å². The first-order valence-corrected chi connectivity index (χ1v) is 14.6. The van der Waals surface area contributed by atoms with Crippen molar-refractivity contribution in [2.75, 3.05) is 27.0 Å². The molecule has 0 saturated carbocycles. The molecular formula is C31H43NO9. The Kier molecular flexibility index (Phi) is 8.04. The van der Waals surface area contributed by atoms with Crippen LogP contribution in [0, 0.1) is 0 Å². The number of aliphatic hydroxyl groups is 2. The zero-order chi connectivity index (χ0) is 29.6. The molecule has 0 aromatic heterocycles. The molecule has 2 N–H and O–H groups in total. The number of rotatable bonds is 10. The van der Waals surface area contributed by atoms with Crippen molar-refractivity contribution in [1.29, 1.82) is 0 Å². The molecule has 0 amide bonds. The molecule has 0 radical (unpaired) electrons. The van der Waals surface area contributed by atoms with Crippen LogP contribution in [0.3, 0.4) is 0 Å². The van der Waals surface area contributed by atoms with E-state index in [1.54, 1.807) is 34.8 Å². The van der Waals surface area contributed by atoms with Gasteiger partial charge in [0.05, 0.1) is 36.7 Å². The Morgan fingerprint density at radius 3 is 2.56 bits per heavy atom. The van der Waals surface area contributed by atoms with Gasteiger partial charge in [-0.3, -0.25) is 9.69 Å². The van der Waals surface area contributed by atoms with Gasteiger partial charge in [-0.05, 0) is 102 Å². The predicted octanol–water partition coefficient (Wildman–Crippen LogP) is 3.36. The SMILES string of the molecule is COC1=CC23CCCN2CCc2cc4c(cc2C3C1OC(=O)C(O)(CCCC(C)(C)O)CC(=O)OC(C)C)OCO4. The fourth-order valence-corrected chi connectivity index (χ4v) is 6.94. The summed E-state index contributed by atoms with van der Waals surface area (Å²) in [6.07, 6.45) is 3.53. The Labute approximate surface area is 241 Å². The first kappa shape index (κ1) is 29.7. The Morgan fingerprint density at radius 1 is 1.15 bits per heavy atom. The molecule has 3 aliphatic heterocycles. The standard InChI is InChI=1S/C31H43NO9/c1-19(2)40-25(33)17-31(36,11-6-9-29(3,4)35)28(34)41-27-24(37-5)16-30-10-7-12-32(30)13-8-20-14-22-23(39-18-38-22)15-21(20)26(27)30/h14-16,19,26-27,35-36H,6-13,17-18H2,1-5H3. The summed E-state index contributed by atoms with van der Waals surface area (Å²) in [5.74, 6) is -0.0295. The van der Waals surface area contributed by atoms with Crippen molar-refractivity contribution in [1.82, 2.24) is 4.90 Å². The van der Waals surface area contributed by atoms with Crippen molar-refractivity contribution in [3.05, 3.63) is 35.1 Å². The molecule has 41 heavy (non-hydrogen) atoms. The number of benzene rings is 1. The third-order valence-electron chi connectivity index (χ3n) is 8.76. The Bertz CT molecular complexity index is 1200. The van der Waals surface area contributed by atoms with E-state index < -0.39 is 47.3 Å². The second-order valence-corrected chi connectivity index (χ2v) is 12.7. The van der Waals surface area contributed by atoms with E-state index >= 15 is 0 Å². The molecule has 10 heteroatoms. The van der Waals surface area contributed by atoms with Gasteiger partial charge in [0.1, 0.15) is 5.76 Å². The van der Waals surface area contributed by atoms with E-state index in [1.807, 2.05) is 12.1 Å². The van der Waals surface area contributed by atoms with Gasteiger partial charge in [0.15, 0.2) is 23.2 Å². The quantitative estimate of drug-likeness (QED) is 0.403. The van der Waals surface area contributed by atoms with Gasteiger partial charge in [0.2, 0.25) is 6.79 Å². The van der Waals surface area contributed by atoms with Crippen molar-refractivity contribution < 1.29 is 43.5 Å². The van der Waals surface area contributed by atoms with Crippen LogP contribution in [0.1, 0.15) is 83.3 Å². The lowest BCUT2D eigenvalue weighted by Crippen LogP contribution is -2.49. The van der Waals surface area contributed by atoms with E-state index in [2.05, 4.69) is 11.0 Å². The average Bonchev–Trinajstić information content (AvgIpc) is 3.56. The number of carbonyl (C=O) groups excluding carboxylic acids is 2. The molecule has 3 heterocycles. The van der Waals surface area contributed by atoms with E-state index in [4.69, 9.17) is 23.7 Å². The summed E-state index contributed by atoms with van der Waals surface area (Å²) in [6.45, 7) is 8.64. The summed E-state index contributed by atoms with van der Waals surface area (Å²) in [5.41, 5.74) is -1.45. The van der Waals surface area contributed by atoms with Crippen LogP contribution >= 0.6 is 0 Å². The van der Waals surface area contributed by atoms with Gasteiger partial charge in [-0.2, -0.15) is 0 Å². The Morgan fingerprint density at radius 2 is 1.88 bits per heavy atom. The van der Waals surface area contributed by atoms with E-state index in [0.717, 1.165) is 43.5 Å². The van der Waals surface area contributed by atoms with Crippen LogP contribution < -0.4 is 9.47 Å². The molecule has 4 aliphatic rings. The lowest BCUT2D eigenvalue weighted by atomic mass is 9.77. The summed E-state index contributed by atoms with van der Waals surface area (Å²) >= 11 is 0. The van der Waals surface area contributed by atoms with Crippen molar-refractivity contribution in [3.63, 3.8) is 0 Å². The number of nitrogens with zero attached hydrogens (tertiary/aromatic N) is 1. The summed E-state index contributed by atoms with van der Waals surface area (Å²) in [6, 6.07) is 4.01. The van der Waals surface area contributed by atoms with E-state index in [0.29, 0.717) is 30.1 Å². The fraction of sp³-hybridized carbons (Fsp3) is 0.677. The number of methoxy groups -OCH3 is 1. The zero-order valence-corrected chi connectivity index (χ0v) is 24.7. The van der Waals surface area contributed by atoms with Crippen LogP contribution in [0.25, 0.3) is 0 Å². The highest BCUT2D eigenvalue weighted by Gasteiger charge is 2.59. The molecule has 1 aromatic rings. The third-order valence-corrected chi connectivity index (χ3v) is 8.76. The molecule has 4 unspecified atom stereocenters. The maximum absolute atomic E-state index is 13.9. The minimum atomic E-state index is -2.14. The number of hydrogen-bond acceptors (Lipinski definition) is 10. The number of carbonyl (C=O) groups is 2. The van der Waals surface area contributed by atoms with Crippen molar-refractivity contribution in [3.8, 4) is 11.5 Å². The first-order valence-electron chi connectivity index (χ1n) is 14.6. The second-order valence-electron chi connectivity index (χ2n) is 12.7. The van der Waals surface area contributed by atoms with Gasteiger partial charge in [0, 0.05) is 6.54 Å². The minimum Gasteiger partial charge on any atom is -0.497 e. The van der Waals surface area contributed by atoms with E-state index in [9.17, 15) is 19.8 Å². The topological polar surface area (TPSA) is 124 Å². The fourth-order valence-electron chi connectivity index (χ4n) is 6.94. The highest BCUT2D eigenvalue weighted by molar-refractivity contribution is 5.86. The number of ether oxygens (including phenoxy) is 5. The monoisotopic (exact) mass is 573 g/mol. The van der Waals surface area contributed by atoms with Crippen molar-refractivity contribution >= 4 is 11.9 Å². The minimum absolute atomic E-state index is 0.0705. The molecule has 1 aliphatic carbocycles. The van der Waals surface area contributed by atoms with Gasteiger partial charge in [0.25, 0.3) is 0 Å². The van der Waals surface area contributed by atoms with E-state index in [-0.39, 0.29) is 19.1 Å². The second kappa shape index (κ2) is 11.1. The molecule has 4 atom stereocenters. The largest absolute Gasteiger partial charge is 0.497 e. The van der Waals surface area contributed by atoms with Gasteiger partial charge in [-0.1, -0.05) is 0 Å². The predicted molar refractivity (Wildman–Crippen MR) is 148 cm³/mol. The highest BCUT2D eigenvalue weighted by atomic mass is 16.7. The maximum atomic E-state index is 13.9. The summed E-state index contributed by atoms with van der Waals surface area (Å²) in [4.78, 5) is 29.0. The summed E-state index contributed by atoms with van der Waals surface area (Å²) in [7, 11) is 1.56. The molecular weight excluding hydrogens is 530 g/mol. The zero-order valence-electron chi connectivity index (χ0n) is 24.7. The van der Waals surface area contributed by atoms with Gasteiger partial charge in [-0.25, -0.2) is 4.79 Å². The van der Waals surface area contributed by atoms with Crippen LogP contribution in [0.5, 0.6) is 11.5 Å². The Balaban J connectivity index is 1.49. The molecule has 1 spiro atoms. The van der Waals surface area contributed by atoms with Crippen LogP contribution in [0.15, 0.2) is 24.0 Å². The van der Waals surface area contributed by atoms with Crippen LogP contribution in [0.2, 0.25) is 0 Å². The molecule has 0 bridgehead atoms.